The van der Waals surface area contributed by atoms with Gasteiger partial charge in [0, 0.05) is 6.61 Å². The molecule has 0 fully saturated rings. The van der Waals surface area contributed by atoms with E-state index in [-0.39, 0.29) is 5.04 Å². The molecular weight excluding hydrogens is 297 g/mol. The summed E-state index contributed by atoms with van der Waals surface area (Å²) in [5.41, 5.74) is 0. The van der Waals surface area contributed by atoms with Crippen molar-refractivity contribution in [1.29, 1.82) is 0 Å². The molecule has 0 spiro atoms. The average molecular weight is 317 g/mol. The second-order valence-electron chi connectivity index (χ2n) is 4.31. The van der Waals surface area contributed by atoms with Crippen LogP contribution in [-0.2, 0) is 20.8 Å². The zero-order chi connectivity index (χ0) is 11.1. The molecule has 74 valence electrons. The maximum atomic E-state index is 5.70. The Morgan fingerprint density at radius 2 is 1.77 bits per heavy atom. The number of hydrogen-bond donors (Lipinski definition) is 0. The Morgan fingerprint density at radius 1 is 1.38 bits per heavy atom. The monoisotopic (exact) mass is 314 g/mol. The summed E-state index contributed by atoms with van der Waals surface area (Å²) in [6.07, 6.45) is 1.57. The predicted octanol–water partition coefficient (Wildman–Crippen LogP) is 3.84. The van der Waals surface area contributed by atoms with E-state index in [1.54, 1.807) is 6.08 Å². The van der Waals surface area contributed by atoms with Gasteiger partial charge in [-0.1, -0.05) is 20.8 Å². The fourth-order valence-corrected chi connectivity index (χ4v) is 1.42. The van der Waals surface area contributed by atoms with Crippen molar-refractivity contribution in [1.82, 2.24) is 0 Å². The Labute approximate surface area is 100 Å². The summed E-state index contributed by atoms with van der Waals surface area (Å²) >= 11 is 4.25. The zero-order valence-electron chi connectivity index (χ0n) is 9.36. The summed E-state index contributed by atoms with van der Waals surface area (Å²) < 4.78 is 5.70. The maximum absolute atomic E-state index is 5.70. The van der Waals surface area contributed by atoms with Crippen molar-refractivity contribution in [2.45, 2.75) is 38.9 Å². The van der Waals surface area contributed by atoms with Gasteiger partial charge < -0.3 is 11.0 Å². The van der Waals surface area contributed by atoms with Crippen LogP contribution in [0.15, 0.2) is 6.08 Å². The Kier molecular flexibility index (Phi) is 9.28. The van der Waals surface area contributed by atoms with Crippen LogP contribution in [0.3, 0.4) is 0 Å². The predicted molar refractivity (Wildman–Crippen MR) is 60.9 cm³/mol. The van der Waals surface area contributed by atoms with Gasteiger partial charge in [-0.25, -0.2) is 6.08 Å². The zero-order valence-corrected chi connectivity index (χ0v) is 14.9. The van der Waals surface area contributed by atoms with Gasteiger partial charge in [0.25, 0.3) is 0 Å². The minimum absolute atomic E-state index is 0.288. The first-order chi connectivity index (χ1) is 5.81. The summed E-state index contributed by atoms with van der Waals surface area (Å²) in [6.45, 7) is 16.9. The molecule has 0 aliphatic heterocycles. The van der Waals surface area contributed by atoms with Crippen molar-refractivity contribution in [3.8, 4) is 0 Å². The van der Waals surface area contributed by atoms with E-state index < -0.39 is 8.32 Å². The second kappa shape index (κ2) is 7.33. The molecule has 0 aliphatic rings. The van der Waals surface area contributed by atoms with Crippen molar-refractivity contribution in [3.05, 3.63) is 12.7 Å². The van der Waals surface area contributed by atoms with Gasteiger partial charge in [-0.3, -0.25) is 0 Å². The van der Waals surface area contributed by atoms with Crippen LogP contribution in [-0.4, -0.2) is 14.9 Å². The number of hydrogen-bond acceptors (Lipinski definition) is 1. The molecule has 0 heterocycles. The van der Waals surface area contributed by atoms with Crippen LogP contribution in [0.4, 0.5) is 0 Å². The van der Waals surface area contributed by atoms with Crippen molar-refractivity contribution >= 4 is 21.9 Å². The molecule has 0 amide bonds. The summed E-state index contributed by atoms with van der Waals surface area (Å²) in [5.74, 6) is 0. The third kappa shape index (κ3) is 7.01. The Morgan fingerprint density at radius 3 is 2.00 bits per heavy atom. The molecule has 0 aromatic heterocycles. The minimum atomic E-state index is -1.54. The first kappa shape index (κ1) is 16.5. The summed E-state index contributed by atoms with van der Waals surface area (Å²) in [4.78, 5) is 0. The van der Waals surface area contributed by atoms with Crippen LogP contribution in [0.1, 0.15) is 20.8 Å². The van der Waals surface area contributed by atoms with Crippen LogP contribution >= 0.6 is 13.6 Å². The van der Waals surface area contributed by atoms with Crippen LogP contribution in [0, 0.1) is 6.58 Å². The van der Waals surface area contributed by atoms with Gasteiger partial charge in [0.2, 0.25) is 0 Å². The molecular formula is C9H19BrOSiZn. The van der Waals surface area contributed by atoms with E-state index in [0.717, 1.165) is 0 Å². The van der Waals surface area contributed by atoms with Crippen LogP contribution < -0.4 is 0 Å². The van der Waals surface area contributed by atoms with Crippen molar-refractivity contribution in [3.63, 3.8) is 0 Å². The van der Waals surface area contributed by atoms with E-state index in [2.05, 4.69) is 47.5 Å². The standard InChI is InChI=1S/C9H19OSi.BrH.Zn/c1-7-8-10-11(5,6)9(2,3)4;;/h1,7H,8H2,2-6H3;1H;/q-1;;+2/p-1. The van der Waals surface area contributed by atoms with E-state index in [9.17, 15) is 0 Å². The second-order valence-corrected chi connectivity index (χ2v) is 9.12. The van der Waals surface area contributed by atoms with Gasteiger partial charge in [-0.2, -0.15) is 0 Å². The quantitative estimate of drug-likeness (QED) is 0.568. The average Bonchev–Trinajstić information content (AvgIpc) is 2.03. The van der Waals surface area contributed by atoms with E-state index >= 15 is 0 Å². The van der Waals surface area contributed by atoms with Gasteiger partial charge in [-0.15, -0.1) is 0 Å². The molecule has 13 heavy (non-hydrogen) atoms. The first-order valence-electron chi connectivity index (χ1n) is 4.25. The molecule has 0 saturated heterocycles. The van der Waals surface area contributed by atoms with Crippen molar-refractivity contribution < 1.29 is 20.8 Å². The van der Waals surface area contributed by atoms with Crippen LogP contribution in [0.2, 0.25) is 18.1 Å². The van der Waals surface area contributed by atoms with E-state index in [0.29, 0.717) is 6.61 Å². The summed E-state index contributed by atoms with van der Waals surface area (Å²) in [5, 5.41) is 0.288. The van der Waals surface area contributed by atoms with Gasteiger partial charge in [0.1, 0.15) is 0 Å². The molecule has 0 aliphatic carbocycles. The Balaban J connectivity index is 0. The molecule has 0 unspecified atom stereocenters. The van der Waals surface area contributed by atoms with Gasteiger partial charge in [0.05, 0.1) is 0 Å². The third-order valence-corrected chi connectivity index (χ3v) is 6.85. The summed E-state index contributed by atoms with van der Waals surface area (Å²) in [7, 11) is -1.54. The van der Waals surface area contributed by atoms with E-state index in [4.69, 9.17) is 11.0 Å². The molecule has 0 saturated carbocycles. The van der Waals surface area contributed by atoms with Crippen LogP contribution in [0.25, 0.3) is 0 Å². The Bertz CT molecular complexity index is 143. The van der Waals surface area contributed by atoms with Crippen molar-refractivity contribution in [2.75, 3.05) is 6.61 Å². The van der Waals surface area contributed by atoms with E-state index in [1.807, 2.05) is 0 Å². The third-order valence-electron chi connectivity index (χ3n) is 2.35. The molecule has 0 aromatic rings. The van der Waals surface area contributed by atoms with Gasteiger partial charge >= 0.3 is 30.0 Å². The van der Waals surface area contributed by atoms with Gasteiger partial charge in [-0.05, 0) is 18.1 Å². The molecule has 4 heteroatoms. The van der Waals surface area contributed by atoms with E-state index in [1.165, 1.54) is 16.3 Å². The van der Waals surface area contributed by atoms with Crippen molar-refractivity contribution in [2.24, 2.45) is 0 Å². The molecule has 0 radical (unpaired) electrons. The molecule has 0 atom stereocenters. The Hall–Kier alpha value is 1.02. The number of rotatable bonds is 3. The first-order valence-corrected chi connectivity index (χ1v) is 14.1. The number of halogens is 1. The summed E-state index contributed by atoms with van der Waals surface area (Å²) in [6, 6.07) is 0. The molecule has 1 nitrogen and oxygen atoms in total. The molecule has 0 rings (SSSR count). The fourth-order valence-electron chi connectivity index (χ4n) is 0.473. The normalized spacial score (nSPS) is 11.7. The van der Waals surface area contributed by atoms with Gasteiger partial charge in [0.15, 0.2) is 8.32 Å². The van der Waals surface area contributed by atoms with Crippen LogP contribution in [0.5, 0.6) is 0 Å². The fraction of sp³-hybridized carbons (Fsp3) is 0.778. The molecule has 0 bridgehead atoms. The molecule has 0 N–H and O–H groups in total. The SMILES string of the molecule is [CH-]=CCO[Si](C)(C)C(C)(C)C.[Zn+][Br]. The molecule has 0 aromatic carbocycles. The topological polar surface area (TPSA) is 9.23 Å².